The van der Waals surface area contributed by atoms with Crippen molar-refractivity contribution < 1.29 is 4.79 Å². The number of hydrogen-bond acceptors (Lipinski definition) is 6. The van der Waals surface area contributed by atoms with Crippen LogP contribution in [0.5, 0.6) is 0 Å². The molecule has 4 rings (SSSR count). The van der Waals surface area contributed by atoms with E-state index in [1.165, 1.54) is 22.2 Å². The molecule has 4 heterocycles. The lowest BCUT2D eigenvalue weighted by molar-refractivity contribution is -0.122. The molecule has 0 aliphatic rings. The Morgan fingerprint density at radius 2 is 2.20 bits per heavy atom. The van der Waals surface area contributed by atoms with Crippen molar-refractivity contribution >= 4 is 33.1 Å². The monoisotopic (exact) mass is 354 g/mol. The molecule has 0 fully saturated rings. The number of carbonyl (C=O) groups excluding carboxylic acids is 1. The lowest BCUT2D eigenvalue weighted by Gasteiger charge is -2.13. The molecule has 0 saturated heterocycles. The first-order valence-electron chi connectivity index (χ1n) is 7.65. The van der Waals surface area contributed by atoms with Crippen molar-refractivity contribution in [3.05, 3.63) is 58.3 Å². The third kappa shape index (κ3) is 2.78. The number of thiophene rings is 1. The molecular formula is C16H14N6O2S. The van der Waals surface area contributed by atoms with Gasteiger partial charge in [-0.3, -0.25) is 18.6 Å². The number of pyridine rings is 1. The number of aromatic nitrogens is 5. The highest BCUT2D eigenvalue weighted by atomic mass is 32.1. The van der Waals surface area contributed by atoms with E-state index in [9.17, 15) is 9.59 Å². The predicted molar refractivity (Wildman–Crippen MR) is 93.4 cm³/mol. The van der Waals surface area contributed by atoms with Crippen molar-refractivity contribution in [3.63, 3.8) is 0 Å². The van der Waals surface area contributed by atoms with Crippen LogP contribution in [-0.2, 0) is 11.3 Å². The molecule has 1 atom stereocenters. The second kappa shape index (κ2) is 6.10. The van der Waals surface area contributed by atoms with Crippen LogP contribution < -0.4 is 10.9 Å². The van der Waals surface area contributed by atoms with Crippen LogP contribution in [0.25, 0.3) is 15.9 Å². The summed E-state index contributed by atoms with van der Waals surface area (Å²) in [5, 5.41) is 13.4. The Balaban J connectivity index is 1.53. The minimum Gasteiger partial charge on any atom is -0.345 e. The Kier molecular flexibility index (Phi) is 3.77. The zero-order valence-electron chi connectivity index (χ0n) is 13.3. The van der Waals surface area contributed by atoms with Crippen LogP contribution in [0.1, 0.15) is 18.8 Å². The van der Waals surface area contributed by atoms with Crippen LogP contribution in [0, 0.1) is 0 Å². The second-order valence-electron chi connectivity index (χ2n) is 5.59. The summed E-state index contributed by atoms with van der Waals surface area (Å²) < 4.78 is 3.12. The van der Waals surface area contributed by atoms with Crippen LogP contribution in [-0.4, -0.2) is 30.1 Å². The van der Waals surface area contributed by atoms with E-state index in [-0.39, 0.29) is 24.1 Å². The molecule has 1 amide bonds. The molecule has 25 heavy (non-hydrogen) atoms. The molecule has 9 heteroatoms. The van der Waals surface area contributed by atoms with Gasteiger partial charge in [-0.1, -0.05) is 6.07 Å². The number of hydrogen-bond donors (Lipinski definition) is 1. The third-order valence-corrected chi connectivity index (χ3v) is 4.69. The smallest absolute Gasteiger partial charge is 0.262 e. The summed E-state index contributed by atoms with van der Waals surface area (Å²) in [6.45, 7) is 1.73. The summed E-state index contributed by atoms with van der Waals surface area (Å²) in [5.41, 5.74) is 0.490. The fourth-order valence-corrected chi connectivity index (χ4v) is 3.39. The zero-order chi connectivity index (χ0) is 17.4. The molecule has 0 aliphatic carbocycles. The predicted octanol–water partition coefficient (Wildman–Crippen LogP) is 1.38. The van der Waals surface area contributed by atoms with Gasteiger partial charge in [-0.25, -0.2) is 4.98 Å². The maximum absolute atomic E-state index is 12.3. The maximum Gasteiger partial charge on any atom is 0.262 e. The van der Waals surface area contributed by atoms with Gasteiger partial charge in [-0.05, 0) is 30.5 Å². The van der Waals surface area contributed by atoms with Gasteiger partial charge < -0.3 is 5.32 Å². The first-order chi connectivity index (χ1) is 12.1. The zero-order valence-corrected chi connectivity index (χ0v) is 14.1. The molecule has 0 saturated carbocycles. The van der Waals surface area contributed by atoms with Gasteiger partial charge in [-0.15, -0.1) is 21.5 Å². The van der Waals surface area contributed by atoms with Crippen LogP contribution in [0.2, 0.25) is 0 Å². The Hall–Kier alpha value is -3.07. The highest BCUT2D eigenvalue weighted by Crippen LogP contribution is 2.14. The summed E-state index contributed by atoms with van der Waals surface area (Å²) in [7, 11) is 0. The normalized spacial score (nSPS) is 12.5. The van der Waals surface area contributed by atoms with Crippen molar-refractivity contribution in [2.45, 2.75) is 19.5 Å². The Bertz CT molecular complexity index is 1130. The second-order valence-corrected chi connectivity index (χ2v) is 6.49. The minimum absolute atomic E-state index is 0.0985. The Morgan fingerprint density at radius 3 is 3.08 bits per heavy atom. The van der Waals surface area contributed by atoms with Gasteiger partial charge in [0.15, 0.2) is 11.5 Å². The number of nitrogens with zero attached hydrogens (tertiary/aromatic N) is 5. The Morgan fingerprint density at radius 1 is 1.32 bits per heavy atom. The van der Waals surface area contributed by atoms with E-state index in [1.807, 2.05) is 41.1 Å². The van der Waals surface area contributed by atoms with Crippen molar-refractivity contribution in [2.75, 3.05) is 0 Å². The van der Waals surface area contributed by atoms with Crippen molar-refractivity contribution in [2.24, 2.45) is 0 Å². The molecule has 4 aromatic rings. The van der Waals surface area contributed by atoms with E-state index in [0.29, 0.717) is 21.7 Å². The maximum atomic E-state index is 12.3. The topological polar surface area (TPSA) is 94.2 Å². The summed E-state index contributed by atoms with van der Waals surface area (Å²) in [4.78, 5) is 29.5. The molecule has 0 aliphatic heterocycles. The van der Waals surface area contributed by atoms with Crippen molar-refractivity contribution in [1.29, 1.82) is 0 Å². The van der Waals surface area contributed by atoms with Gasteiger partial charge in [0.2, 0.25) is 5.91 Å². The number of fused-ring (bicyclic) bond motifs is 2. The van der Waals surface area contributed by atoms with Gasteiger partial charge in [-0.2, -0.15) is 0 Å². The molecule has 1 N–H and O–H groups in total. The summed E-state index contributed by atoms with van der Waals surface area (Å²) in [6.07, 6.45) is 3.24. The largest absolute Gasteiger partial charge is 0.345 e. The highest BCUT2D eigenvalue weighted by Gasteiger charge is 2.16. The van der Waals surface area contributed by atoms with E-state index >= 15 is 0 Å². The molecule has 0 bridgehead atoms. The minimum atomic E-state index is -0.349. The number of nitrogens with one attached hydrogen (secondary N) is 1. The average molecular weight is 354 g/mol. The SMILES string of the molecule is CC(NC(=O)Cn1cnc2sccc2c1=O)c1nnc2ccccn12. The first-order valence-corrected chi connectivity index (χ1v) is 8.53. The van der Waals surface area contributed by atoms with Gasteiger partial charge in [0.25, 0.3) is 5.56 Å². The lowest BCUT2D eigenvalue weighted by atomic mass is 10.3. The van der Waals surface area contributed by atoms with Crippen LogP contribution in [0.4, 0.5) is 0 Å². The number of carbonyl (C=O) groups is 1. The van der Waals surface area contributed by atoms with E-state index in [2.05, 4.69) is 20.5 Å². The van der Waals surface area contributed by atoms with Gasteiger partial charge in [0.05, 0.1) is 17.8 Å². The molecule has 0 radical (unpaired) electrons. The van der Waals surface area contributed by atoms with Crippen LogP contribution in [0.3, 0.4) is 0 Å². The number of rotatable bonds is 4. The molecule has 8 nitrogen and oxygen atoms in total. The quantitative estimate of drug-likeness (QED) is 0.597. The Labute approximate surface area is 145 Å². The van der Waals surface area contributed by atoms with E-state index in [4.69, 9.17) is 0 Å². The average Bonchev–Trinajstić information content (AvgIpc) is 3.24. The molecule has 0 spiro atoms. The molecule has 1 unspecified atom stereocenters. The lowest BCUT2D eigenvalue weighted by Crippen LogP contribution is -2.34. The summed E-state index contributed by atoms with van der Waals surface area (Å²) in [5.74, 6) is 0.335. The van der Waals surface area contributed by atoms with E-state index < -0.39 is 0 Å². The molecule has 4 aromatic heterocycles. The summed E-state index contributed by atoms with van der Waals surface area (Å²) in [6, 6.07) is 6.95. The third-order valence-electron chi connectivity index (χ3n) is 3.87. The van der Waals surface area contributed by atoms with Crippen molar-refractivity contribution in [3.8, 4) is 0 Å². The fourth-order valence-electron chi connectivity index (χ4n) is 2.67. The summed E-state index contributed by atoms with van der Waals surface area (Å²) >= 11 is 1.40. The van der Waals surface area contributed by atoms with Crippen molar-refractivity contribution in [1.82, 2.24) is 29.5 Å². The van der Waals surface area contributed by atoms with Crippen LogP contribution >= 0.6 is 11.3 Å². The molecular weight excluding hydrogens is 340 g/mol. The highest BCUT2D eigenvalue weighted by molar-refractivity contribution is 7.16. The van der Waals surface area contributed by atoms with Crippen LogP contribution in [0.15, 0.2) is 47.0 Å². The first kappa shape index (κ1) is 15.5. The van der Waals surface area contributed by atoms with Gasteiger partial charge >= 0.3 is 0 Å². The van der Waals surface area contributed by atoms with E-state index in [1.54, 1.807) is 6.07 Å². The van der Waals surface area contributed by atoms with Gasteiger partial charge in [0.1, 0.15) is 11.4 Å². The van der Waals surface area contributed by atoms with Gasteiger partial charge in [0, 0.05) is 6.20 Å². The number of amides is 1. The van der Waals surface area contributed by atoms with E-state index in [0.717, 1.165) is 0 Å². The molecule has 0 aromatic carbocycles. The molecule has 126 valence electrons. The fraction of sp³-hybridized carbons (Fsp3) is 0.188. The standard InChI is InChI=1S/C16H14N6O2S/c1-10(14-20-19-12-4-2-3-6-22(12)14)18-13(23)8-21-9-17-15-11(16(21)24)5-7-25-15/h2-7,9-10H,8H2,1H3,(H,18,23).